The molecular formula is C8H20N2O2S. The third-order valence-corrected chi connectivity index (χ3v) is 3.40. The van der Waals surface area contributed by atoms with Crippen molar-refractivity contribution in [2.24, 2.45) is 5.73 Å². The van der Waals surface area contributed by atoms with Crippen LogP contribution in [0.4, 0.5) is 0 Å². The molecule has 0 aromatic heterocycles. The van der Waals surface area contributed by atoms with Gasteiger partial charge in [-0.25, -0.2) is 13.1 Å². The van der Waals surface area contributed by atoms with Gasteiger partial charge in [-0.3, -0.25) is 0 Å². The van der Waals surface area contributed by atoms with E-state index < -0.39 is 15.6 Å². The maximum absolute atomic E-state index is 11.4. The third kappa shape index (κ3) is 6.01. The van der Waals surface area contributed by atoms with Crippen molar-refractivity contribution < 1.29 is 8.42 Å². The molecule has 0 aliphatic heterocycles. The lowest BCUT2D eigenvalue weighted by molar-refractivity contribution is 0.462. The first kappa shape index (κ1) is 12.9. The summed E-state index contributed by atoms with van der Waals surface area (Å²) >= 11 is 0. The zero-order valence-corrected chi connectivity index (χ0v) is 9.45. The Kier molecular flexibility index (Phi) is 4.88. The summed E-state index contributed by atoms with van der Waals surface area (Å²) in [5, 5.41) is 0. The van der Waals surface area contributed by atoms with Crippen LogP contribution in [0.3, 0.4) is 0 Å². The highest BCUT2D eigenvalue weighted by Crippen LogP contribution is 2.03. The van der Waals surface area contributed by atoms with E-state index in [0.717, 1.165) is 6.42 Å². The van der Waals surface area contributed by atoms with Gasteiger partial charge in [0.25, 0.3) is 0 Å². The molecule has 0 aliphatic carbocycles. The van der Waals surface area contributed by atoms with Crippen LogP contribution in [0.1, 0.15) is 33.6 Å². The van der Waals surface area contributed by atoms with Gasteiger partial charge in [0.05, 0.1) is 5.75 Å². The fourth-order valence-electron chi connectivity index (χ4n) is 0.848. The van der Waals surface area contributed by atoms with Crippen LogP contribution in [0.2, 0.25) is 0 Å². The van der Waals surface area contributed by atoms with Crippen LogP contribution >= 0.6 is 0 Å². The van der Waals surface area contributed by atoms with Gasteiger partial charge < -0.3 is 5.73 Å². The average Bonchev–Trinajstić information content (AvgIpc) is 1.99. The number of unbranched alkanes of at least 4 members (excludes halogenated alkanes) is 1. The number of rotatable bonds is 6. The molecule has 3 N–H and O–H groups in total. The normalized spacial score (nSPS) is 13.2. The number of nitrogens with one attached hydrogen (secondary N) is 1. The van der Waals surface area contributed by atoms with E-state index in [4.69, 9.17) is 5.73 Å². The van der Waals surface area contributed by atoms with E-state index in [-0.39, 0.29) is 5.75 Å². The Morgan fingerprint density at radius 1 is 1.38 bits per heavy atom. The second-order valence-corrected chi connectivity index (χ2v) is 5.70. The maximum Gasteiger partial charge on any atom is 0.212 e. The van der Waals surface area contributed by atoms with E-state index in [1.54, 1.807) is 13.8 Å². The largest absolute Gasteiger partial charge is 0.329 e. The highest BCUT2D eigenvalue weighted by molar-refractivity contribution is 7.89. The molecule has 0 fully saturated rings. The highest BCUT2D eigenvalue weighted by atomic mass is 32.2. The van der Waals surface area contributed by atoms with Crippen molar-refractivity contribution in [3.8, 4) is 0 Å². The van der Waals surface area contributed by atoms with Crippen molar-refractivity contribution in [2.75, 3.05) is 12.3 Å². The van der Waals surface area contributed by atoms with Crippen molar-refractivity contribution in [3.63, 3.8) is 0 Å². The summed E-state index contributed by atoms with van der Waals surface area (Å²) in [6.07, 6.45) is 1.57. The van der Waals surface area contributed by atoms with E-state index in [0.29, 0.717) is 13.0 Å². The van der Waals surface area contributed by atoms with Crippen molar-refractivity contribution in [3.05, 3.63) is 0 Å². The minimum atomic E-state index is -3.14. The van der Waals surface area contributed by atoms with Crippen LogP contribution in [0, 0.1) is 0 Å². The predicted octanol–water partition coefficient (Wildman–Crippen LogP) is 0.443. The smallest absolute Gasteiger partial charge is 0.212 e. The van der Waals surface area contributed by atoms with Gasteiger partial charge >= 0.3 is 0 Å². The molecule has 0 radical (unpaired) electrons. The quantitative estimate of drug-likeness (QED) is 0.665. The first-order valence-corrected chi connectivity index (χ1v) is 6.20. The van der Waals surface area contributed by atoms with Gasteiger partial charge in [-0.05, 0) is 20.3 Å². The molecule has 80 valence electrons. The second kappa shape index (κ2) is 4.93. The van der Waals surface area contributed by atoms with Crippen molar-refractivity contribution in [2.45, 2.75) is 39.2 Å². The Hall–Kier alpha value is -0.130. The number of nitrogens with two attached hydrogens (primary N) is 1. The van der Waals surface area contributed by atoms with Gasteiger partial charge in [-0.1, -0.05) is 13.3 Å². The Labute approximate surface area is 80.9 Å². The van der Waals surface area contributed by atoms with Gasteiger partial charge in [-0.15, -0.1) is 0 Å². The topological polar surface area (TPSA) is 72.2 Å². The molecule has 0 aromatic rings. The van der Waals surface area contributed by atoms with E-state index >= 15 is 0 Å². The number of sulfonamides is 1. The van der Waals surface area contributed by atoms with Crippen LogP contribution in [-0.4, -0.2) is 26.3 Å². The molecule has 0 rings (SSSR count). The molecule has 4 nitrogen and oxygen atoms in total. The summed E-state index contributed by atoms with van der Waals surface area (Å²) in [4.78, 5) is 0. The lowest BCUT2D eigenvalue weighted by atomic mass is 10.1. The average molecular weight is 208 g/mol. The Bertz CT molecular complexity index is 235. The van der Waals surface area contributed by atoms with E-state index in [9.17, 15) is 8.42 Å². The molecule has 0 bridgehead atoms. The lowest BCUT2D eigenvalue weighted by Crippen LogP contribution is -2.49. The first-order valence-electron chi connectivity index (χ1n) is 4.55. The minimum absolute atomic E-state index is 0.187. The van der Waals surface area contributed by atoms with Gasteiger partial charge in [0.2, 0.25) is 10.0 Å². The Morgan fingerprint density at radius 3 is 2.31 bits per heavy atom. The minimum Gasteiger partial charge on any atom is -0.329 e. The molecule has 0 aliphatic rings. The molecule has 0 atom stereocenters. The zero-order valence-electron chi connectivity index (χ0n) is 8.63. The van der Waals surface area contributed by atoms with E-state index in [1.165, 1.54) is 0 Å². The SMILES string of the molecule is CCCCS(=O)(=O)NC(C)(C)CN. The predicted molar refractivity (Wildman–Crippen MR) is 55.0 cm³/mol. The van der Waals surface area contributed by atoms with Crippen molar-refractivity contribution in [1.82, 2.24) is 4.72 Å². The third-order valence-electron chi connectivity index (χ3n) is 1.71. The summed E-state index contributed by atoms with van der Waals surface area (Å²) in [7, 11) is -3.14. The molecule has 0 heterocycles. The van der Waals surface area contributed by atoms with Crippen LogP contribution in [0.25, 0.3) is 0 Å². The molecule has 0 amide bonds. The highest BCUT2D eigenvalue weighted by Gasteiger charge is 2.22. The second-order valence-electron chi connectivity index (χ2n) is 3.86. The van der Waals surface area contributed by atoms with Gasteiger partial charge in [0.1, 0.15) is 0 Å². The van der Waals surface area contributed by atoms with Crippen molar-refractivity contribution in [1.29, 1.82) is 0 Å². The molecule has 5 heteroatoms. The first-order chi connectivity index (χ1) is 5.83. The summed E-state index contributed by atoms with van der Waals surface area (Å²) in [6.45, 7) is 5.81. The number of hydrogen-bond acceptors (Lipinski definition) is 3. The van der Waals surface area contributed by atoms with Crippen molar-refractivity contribution >= 4 is 10.0 Å². The summed E-state index contributed by atoms with van der Waals surface area (Å²) in [5.74, 6) is 0.187. The van der Waals surface area contributed by atoms with Gasteiger partial charge in [-0.2, -0.15) is 0 Å². The molecule has 0 saturated heterocycles. The standard InChI is InChI=1S/C8H20N2O2S/c1-4-5-6-13(11,12)10-8(2,3)7-9/h10H,4-7,9H2,1-3H3. The van der Waals surface area contributed by atoms with E-state index in [1.807, 2.05) is 6.92 Å². The maximum atomic E-state index is 11.4. The van der Waals surface area contributed by atoms with Gasteiger partial charge in [0.15, 0.2) is 0 Å². The monoisotopic (exact) mass is 208 g/mol. The fourth-order valence-corrected chi connectivity index (χ4v) is 2.54. The summed E-state index contributed by atoms with van der Waals surface area (Å²) in [5.41, 5.74) is 4.88. The molecule has 0 spiro atoms. The molecule has 13 heavy (non-hydrogen) atoms. The van der Waals surface area contributed by atoms with Gasteiger partial charge in [0, 0.05) is 12.1 Å². The molecule has 0 aromatic carbocycles. The van der Waals surface area contributed by atoms with Crippen LogP contribution in [-0.2, 0) is 10.0 Å². The van der Waals surface area contributed by atoms with Crippen LogP contribution < -0.4 is 10.5 Å². The Balaban J connectivity index is 4.18. The fraction of sp³-hybridized carbons (Fsp3) is 1.00. The van der Waals surface area contributed by atoms with E-state index in [2.05, 4.69) is 4.72 Å². The number of hydrogen-bond donors (Lipinski definition) is 2. The molecule has 0 saturated carbocycles. The lowest BCUT2D eigenvalue weighted by Gasteiger charge is -2.23. The molecule has 0 unspecified atom stereocenters. The Morgan fingerprint density at radius 2 is 1.92 bits per heavy atom. The summed E-state index contributed by atoms with van der Waals surface area (Å²) in [6, 6.07) is 0. The molecular weight excluding hydrogens is 188 g/mol. The summed E-state index contributed by atoms with van der Waals surface area (Å²) < 4.78 is 25.4. The van der Waals surface area contributed by atoms with Crippen LogP contribution in [0.15, 0.2) is 0 Å². The zero-order chi connectivity index (χ0) is 10.5. The van der Waals surface area contributed by atoms with Crippen LogP contribution in [0.5, 0.6) is 0 Å².